The van der Waals surface area contributed by atoms with Crippen molar-refractivity contribution in [2.24, 2.45) is 28.2 Å². The molecule has 182 valence electrons. The number of hydrogen-bond acceptors (Lipinski definition) is 5. The fourth-order valence-electron chi connectivity index (χ4n) is 5.13. The second kappa shape index (κ2) is 10.7. The first-order valence-electron chi connectivity index (χ1n) is 12.3. The lowest BCUT2D eigenvalue weighted by atomic mass is 9.69. The molecule has 2 heterocycles. The number of carboxylic acids is 1. The third-order valence-electron chi connectivity index (χ3n) is 6.98. The summed E-state index contributed by atoms with van der Waals surface area (Å²) in [5.74, 6) is 1.64. The molecule has 1 N–H and O–H groups in total. The average Bonchev–Trinajstić information content (AvgIpc) is 3.26. The van der Waals surface area contributed by atoms with Gasteiger partial charge in [-0.05, 0) is 55.5 Å². The van der Waals surface area contributed by atoms with Gasteiger partial charge in [0.1, 0.15) is 11.6 Å². The molecule has 33 heavy (non-hydrogen) atoms. The normalized spacial score (nSPS) is 25.2. The van der Waals surface area contributed by atoms with E-state index in [0.29, 0.717) is 12.0 Å². The van der Waals surface area contributed by atoms with E-state index in [4.69, 9.17) is 9.73 Å². The number of nitrogens with zero attached hydrogens (tertiary/aromatic N) is 3. The van der Waals surface area contributed by atoms with Gasteiger partial charge in [-0.2, -0.15) is 0 Å². The molecule has 0 radical (unpaired) electrons. The van der Waals surface area contributed by atoms with E-state index in [0.717, 1.165) is 50.8 Å². The lowest BCUT2D eigenvalue weighted by Gasteiger charge is -2.40. The summed E-state index contributed by atoms with van der Waals surface area (Å²) in [6, 6.07) is 8.87. The number of aliphatic imine (C=N–C) groups is 1. The summed E-state index contributed by atoms with van der Waals surface area (Å²) in [6.07, 6.45) is 4.50. The van der Waals surface area contributed by atoms with E-state index >= 15 is 0 Å². The van der Waals surface area contributed by atoms with Crippen LogP contribution in [0.15, 0.2) is 41.5 Å². The van der Waals surface area contributed by atoms with E-state index in [9.17, 15) is 9.90 Å². The lowest BCUT2D eigenvalue weighted by molar-refractivity contribution is -0.147. The first-order chi connectivity index (χ1) is 15.7. The average molecular weight is 456 g/mol. The molecule has 1 aromatic rings. The summed E-state index contributed by atoms with van der Waals surface area (Å²) in [4.78, 5) is 21.7. The topological polar surface area (TPSA) is 65.4 Å². The van der Waals surface area contributed by atoms with Crippen molar-refractivity contribution < 1.29 is 14.6 Å². The first kappa shape index (κ1) is 25.3. The van der Waals surface area contributed by atoms with Crippen molar-refractivity contribution in [1.82, 2.24) is 9.80 Å². The number of benzene rings is 1. The molecule has 2 aliphatic rings. The van der Waals surface area contributed by atoms with Gasteiger partial charge in [0.25, 0.3) is 0 Å². The van der Waals surface area contributed by atoms with E-state index in [1.165, 1.54) is 5.56 Å². The number of aliphatic carboxylic acids is 1. The van der Waals surface area contributed by atoms with Gasteiger partial charge in [-0.1, -0.05) is 46.8 Å². The highest BCUT2D eigenvalue weighted by molar-refractivity contribution is 5.93. The van der Waals surface area contributed by atoms with Crippen molar-refractivity contribution >= 4 is 11.8 Å². The number of likely N-dealkylation sites (tertiary alicyclic amines) is 1. The van der Waals surface area contributed by atoms with Gasteiger partial charge in [0.05, 0.1) is 12.0 Å². The summed E-state index contributed by atoms with van der Waals surface area (Å²) >= 11 is 0. The first-order valence-corrected chi connectivity index (χ1v) is 12.3. The highest BCUT2D eigenvalue weighted by Gasteiger charge is 2.47. The molecule has 0 saturated carbocycles. The molecule has 2 unspecified atom stereocenters. The monoisotopic (exact) mass is 455 g/mol. The molecule has 0 spiro atoms. The van der Waals surface area contributed by atoms with Crippen molar-refractivity contribution in [1.29, 1.82) is 0 Å². The quantitative estimate of drug-likeness (QED) is 0.573. The van der Waals surface area contributed by atoms with Crippen LogP contribution >= 0.6 is 0 Å². The number of likely N-dealkylation sites (N-methyl/N-ethyl adjacent to an activating group) is 1. The number of carboxylic acid groups (broad SMARTS) is 1. The van der Waals surface area contributed by atoms with Gasteiger partial charge in [0.15, 0.2) is 0 Å². The van der Waals surface area contributed by atoms with Crippen LogP contribution in [0.25, 0.3) is 0 Å². The number of hydrogen-bond donors (Lipinski definition) is 1. The molecule has 1 saturated heterocycles. The maximum absolute atomic E-state index is 12.1. The summed E-state index contributed by atoms with van der Waals surface area (Å²) in [7, 11) is 0. The molecule has 6 heteroatoms. The minimum atomic E-state index is -0.923. The number of amidine groups is 1. The third-order valence-corrected chi connectivity index (χ3v) is 6.98. The van der Waals surface area contributed by atoms with Crippen LogP contribution < -0.4 is 4.74 Å². The zero-order valence-electron chi connectivity index (χ0n) is 21.1. The van der Waals surface area contributed by atoms with Gasteiger partial charge in [-0.3, -0.25) is 9.69 Å². The molecular weight excluding hydrogens is 414 g/mol. The number of carbonyl (C=O) groups is 1. The van der Waals surface area contributed by atoms with Crippen LogP contribution in [-0.4, -0.2) is 59.0 Å². The van der Waals surface area contributed by atoms with E-state index in [-0.39, 0.29) is 11.8 Å². The summed E-state index contributed by atoms with van der Waals surface area (Å²) in [6.45, 7) is 16.9. The Balaban J connectivity index is 1.67. The Hall–Kier alpha value is -2.34. The largest absolute Gasteiger partial charge is 0.493 e. The predicted molar refractivity (Wildman–Crippen MR) is 133 cm³/mol. The second-order valence-corrected chi connectivity index (χ2v) is 10.4. The van der Waals surface area contributed by atoms with Gasteiger partial charge in [-0.15, -0.1) is 0 Å². The maximum atomic E-state index is 12.1. The Morgan fingerprint density at radius 1 is 1.27 bits per heavy atom. The molecule has 1 aromatic carbocycles. The molecule has 3 atom stereocenters. The Labute approximate surface area is 199 Å². The number of ether oxygens (including phenoxy) is 1. The number of rotatable bonds is 9. The van der Waals surface area contributed by atoms with Crippen LogP contribution in [0.5, 0.6) is 5.75 Å². The minimum absolute atomic E-state index is 0.132. The van der Waals surface area contributed by atoms with Crippen molar-refractivity contribution in [3.63, 3.8) is 0 Å². The van der Waals surface area contributed by atoms with Crippen molar-refractivity contribution in [2.75, 3.05) is 26.2 Å². The summed E-state index contributed by atoms with van der Waals surface area (Å²) in [5, 5.41) is 9.96. The van der Waals surface area contributed by atoms with E-state index in [1.54, 1.807) is 12.3 Å². The smallest absolute Gasteiger partial charge is 0.314 e. The van der Waals surface area contributed by atoms with Crippen molar-refractivity contribution in [3.8, 4) is 5.75 Å². The van der Waals surface area contributed by atoms with Crippen LogP contribution in [0.2, 0.25) is 0 Å². The van der Waals surface area contributed by atoms with Crippen LogP contribution in [0.1, 0.15) is 53.5 Å². The van der Waals surface area contributed by atoms with E-state index < -0.39 is 11.4 Å². The molecule has 2 aliphatic heterocycles. The summed E-state index contributed by atoms with van der Waals surface area (Å²) in [5.41, 5.74) is 0.358. The Morgan fingerprint density at radius 3 is 2.55 bits per heavy atom. The molecule has 6 nitrogen and oxygen atoms in total. The van der Waals surface area contributed by atoms with Gasteiger partial charge >= 0.3 is 5.97 Å². The van der Waals surface area contributed by atoms with Gasteiger partial charge in [-0.25, -0.2) is 4.99 Å². The SMILES string of the molecule is CCN(Cc1ccc(OCC(C)C)cc1)[C@@H]1CCN(C2=NC=CC(C)(C(=O)O)C2C(C)C)C1. The van der Waals surface area contributed by atoms with Gasteiger partial charge < -0.3 is 14.7 Å². The zero-order chi connectivity index (χ0) is 24.2. The molecule has 3 rings (SSSR count). The second-order valence-electron chi connectivity index (χ2n) is 10.4. The van der Waals surface area contributed by atoms with Gasteiger partial charge in [0.2, 0.25) is 0 Å². The van der Waals surface area contributed by atoms with Crippen LogP contribution in [0.3, 0.4) is 0 Å². The standard InChI is InChI=1S/C27H41N3O3/c1-7-29(16-21-8-10-23(11-9-21)33-18-19(2)3)22-12-15-30(17-22)25-24(20(4)5)27(6,26(31)32)13-14-28-25/h8-11,13-14,19-20,22,24H,7,12,15-18H2,1-6H3,(H,31,32)/t22-,24?,27?/m1/s1. The van der Waals surface area contributed by atoms with Gasteiger partial charge in [0, 0.05) is 37.8 Å². The minimum Gasteiger partial charge on any atom is -0.493 e. The predicted octanol–water partition coefficient (Wildman–Crippen LogP) is 4.91. The molecule has 0 aliphatic carbocycles. The maximum Gasteiger partial charge on any atom is 0.314 e. The van der Waals surface area contributed by atoms with Crippen LogP contribution in [-0.2, 0) is 11.3 Å². The lowest BCUT2D eigenvalue weighted by Crippen LogP contribution is -2.49. The summed E-state index contributed by atoms with van der Waals surface area (Å²) < 4.78 is 5.82. The fourth-order valence-corrected chi connectivity index (χ4v) is 5.13. The Bertz CT molecular complexity index is 862. The molecule has 0 amide bonds. The molecule has 1 fully saturated rings. The fraction of sp³-hybridized carbons (Fsp3) is 0.630. The Kier molecular flexibility index (Phi) is 8.22. The molecule has 0 bridgehead atoms. The highest BCUT2D eigenvalue weighted by atomic mass is 16.5. The van der Waals surface area contributed by atoms with E-state index in [2.05, 4.69) is 68.7 Å². The van der Waals surface area contributed by atoms with E-state index in [1.807, 2.05) is 6.92 Å². The zero-order valence-corrected chi connectivity index (χ0v) is 21.1. The van der Waals surface area contributed by atoms with Crippen LogP contribution in [0, 0.1) is 23.2 Å². The highest BCUT2D eigenvalue weighted by Crippen LogP contribution is 2.40. The van der Waals surface area contributed by atoms with Crippen LogP contribution in [0.4, 0.5) is 0 Å². The molecule has 0 aromatic heterocycles. The molecular formula is C27H41N3O3. The Morgan fingerprint density at radius 2 is 1.97 bits per heavy atom. The van der Waals surface area contributed by atoms with Crippen molar-refractivity contribution in [2.45, 2.75) is 60.5 Å². The van der Waals surface area contributed by atoms with Crippen molar-refractivity contribution in [3.05, 3.63) is 42.1 Å². The third kappa shape index (κ3) is 5.78.